The minimum atomic E-state index is 0.716. The third-order valence-corrected chi connectivity index (χ3v) is 7.51. The molecule has 4 aliphatic heterocycles. The highest BCUT2D eigenvalue weighted by Crippen LogP contribution is 2.54. The van der Waals surface area contributed by atoms with Crippen LogP contribution in [0.5, 0.6) is 0 Å². The lowest BCUT2D eigenvalue weighted by atomic mass is 9.88. The molecule has 8 atom stereocenters. The van der Waals surface area contributed by atoms with Crippen LogP contribution in [0.15, 0.2) is 0 Å². The molecule has 4 saturated heterocycles. The lowest BCUT2D eigenvalue weighted by molar-refractivity contribution is 0.0436. The summed E-state index contributed by atoms with van der Waals surface area (Å²) in [6.07, 6.45) is 9.90. The standard InChI is InChI=1S/C16H26N4/c1-3-13-17-9-8-12-16-10(18-14-4-2-6-20(12)14)7-11(15(9)16)19(13)5-1/h9-18H,1-8H2/t9-,10-,11+,12+,13?,14?,15+,16+/m0/s1. The summed E-state index contributed by atoms with van der Waals surface area (Å²) in [5.41, 5.74) is 0. The van der Waals surface area contributed by atoms with E-state index in [4.69, 9.17) is 0 Å². The Morgan fingerprint density at radius 1 is 0.700 bits per heavy atom. The summed E-state index contributed by atoms with van der Waals surface area (Å²) in [6, 6.07) is 3.42. The fraction of sp³-hybridized carbons (Fsp3) is 1.00. The number of hydrogen-bond acceptors (Lipinski definition) is 4. The average Bonchev–Trinajstić information content (AvgIpc) is 3.19. The van der Waals surface area contributed by atoms with Crippen LogP contribution in [0.2, 0.25) is 0 Å². The normalized spacial score (nSPS) is 60.6. The minimum absolute atomic E-state index is 0.716. The third-order valence-electron chi connectivity index (χ3n) is 7.51. The Balaban J connectivity index is 1.40. The average molecular weight is 274 g/mol. The molecule has 4 heterocycles. The van der Waals surface area contributed by atoms with Crippen LogP contribution in [0, 0.1) is 11.8 Å². The first-order valence-electron chi connectivity index (χ1n) is 8.94. The number of fused-ring (bicyclic) bond motifs is 4. The monoisotopic (exact) mass is 274 g/mol. The zero-order valence-corrected chi connectivity index (χ0v) is 12.2. The van der Waals surface area contributed by atoms with Crippen LogP contribution in [0.3, 0.4) is 0 Å². The summed E-state index contributed by atoms with van der Waals surface area (Å²) in [7, 11) is 0. The molecule has 6 fully saturated rings. The first-order chi connectivity index (χ1) is 9.90. The van der Waals surface area contributed by atoms with Crippen molar-refractivity contribution in [2.24, 2.45) is 11.8 Å². The van der Waals surface area contributed by atoms with Gasteiger partial charge in [0.25, 0.3) is 0 Å². The molecule has 6 aliphatic rings. The molecule has 4 nitrogen and oxygen atoms in total. The van der Waals surface area contributed by atoms with Crippen molar-refractivity contribution in [2.45, 2.75) is 75.0 Å². The molecule has 2 aliphatic carbocycles. The van der Waals surface area contributed by atoms with Crippen LogP contribution in [0.4, 0.5) is 0 Å². The van der Waals surface area contributed by atoms with E-state index in [9.17, 15) is 0 Å². The predicted molar refractivity (Wildman–Crippen MR) is 77.1 cm³/mol. The molecule has 0 aromatic carbocycles. The molecule has 0 bridgehead atoms. The largest absolute Gasteiger partial charge is 0.299 e. The van der Waals surface area contributed by atoms with E-state index < -0.39 is 0 Å². The maximum atomic E-state index is 4.04. The summed E-state index contributed by atoms with van der Waals surface area (Å²) >= 11 is 0. The molecule has 2 unspecified atom stereocenters. The smallest absolute Gasteiger partial charge is 0.0602 e. The lowest BCUT2D eigenvalue weighted by Crippen LogP contribution is -2.60. The van der Waals surface area contributed by atoms with E-state index in [1.165, 1.54) is 51.6 Å². The molecule has 2 saturated carbocycles. The second kappa shape index (κ2) is 3.78. The maximum Gasteiger partial charge on any atom is 0.0602 e. The molecular formula is C16H26N4. The maximum absolute atomic E-state index is 4.04. The number of nitrogens with one attached hydrogen (secondary N) is 2. The molecule has 6 rings (SSSR count). The fourth-order valence-electron chi connectivity index (χ4n) is 7.03. The van der Waals surface area contributed by atoms with Gasteiger partial charge in [0.2, 0.25) is 0 Å². The van der Waals surface area contributed by atoms with E-state index in [1.807, 2.05) is 0 Å². The van der Waals surface area contributed by atoms with Crippen LogP contribution in [0.1, 0.15) is 38.5 Å². The zero-order chi connectivity index (χ0) is 12.8. The molecule has 0 aromatic rings. The van der Waals surface area contributed by atoms with Crippen molar-refractivity contribution < 1.29 is 0 Å². The SMILES string of the molecule is C1CC2N[C@H]3C[C@@H]4[C@@H]5[C@H]3[C@@H](C[C@@H]5NC3CCCN34)N2C1. The molecule has 0 amide bonds. The quantitative estimate of drug-likeness (QED) is 0.675. The summed E-state index contributed by atoms with van der Waals surface area (Å²) < 4.78 is 0. The first kappa shape index (κ1) is 11.4. The summed E-state index contributed by atoms with van der Waals surface area (Å²) in [5, 5.41) is 8.08. The molecular weight excluding hydrogens is 248 g/mol. The fourth-order valence-corrected chi connectivity index (χ4v) is 7.03. The Hall–Kier alpha value is -0.160. The van der Waals surface area contributed by atoms with Crippen LogP contribution in [-0.4, -0.2) is 59.4 Å². The topological polar surface area (TPSA) is 30.5 Å². The summed E-state index contributed by atoms with van der Waals surface area (Å²) in [4.78, 5) is 5.68. The number of hydrogen-bond donors (Lipinski definition) is 2. The molecule has 0 aromatic heterocycles. The molecule has 2 N–H and O–H groups in total. The van der Waals surface area contributed by atoms with E-state index in [0.29, 0.717) is 12.3 Å². The third kappa shape index (κ3) is 1.24. The Kier molecular flexibility index (Phi) is 2.16. The highest BCUT2D eigenvalue weighted by atomic mass is 15.4. The van der Waals surface area contributed by atoms with Crippen molar-refractivity contribution in [1.82, 2.24) is 20.4 Å². The Bertz CT molecular complexity index is 400. The minimum Gasteiger partial charge on any atom is -0.299 e. The van der Waals surface area contributed by atoms with Crippen LogP contribution >= 0.6 is 0 Å². The van der Waals surface area contributed by atoms with E-state index in [-0.39, 0.29) is 0 Å². The van der Waals surface area contributed by atoms with Gasteiger partial charge in [0.1, 0.15) is 0 Å². The van der Waals surface area contributed by atoms with E-state index >= 15 is 0 Å². The van der Waals surface area contributed by atoms with Crippen molar-refractivity contribution in [1.29, 1.82) is 0 Å². The van der Waals surface area contributed by atoms with Gasteiger partial charge < -0.3 is 0 Å². The summed E-state index contributed by atoms with van der Waals surface area (Å²) in [5.74, 6) is 1.88. The van der Waals surface area contributed by atoms with Gasteiger partial charge >= 0.3 is 0 Å². The Morgan fingerprint density at radius 3 is 1.70 bits per heavy atom. The van der Waals surface area contributed by atoms with Gasteiger partial charge in [0.15, 0.2) is 0 Å². The van der Waals surface area contributed by atoms with Crippen LogP contribution in [0.25, 0.3) is 0 Å². The highest BCUT2D eigenvalue weighted by Gasteiger charge is 2.63. The van der Waals surface area contributed by atoms with Gasteiger partial charge in [-0.2, -0.15) is 0 Å². The van der Waals surface area contributed by atoms with Crippen molar-refractivity contribution in [3.05, 3.63) is 0 Å². The van der Waals surface area contributed by atoms with Gasteiger partial charge in [-0.25, -0.2) is 0 Å². The molecule has 0 radical (unpaired) electrons. The Labute approximate surface area is 121 Å². The first-order valence-corrected chi connectivity index (χ1v) is 8.94. The van der Waals surface area contributed by atoms with Crippen molar-refractivity contribution in [2.75, 3.05) is 13.1 Å². The van der Waals surface area contributed by atoms with Crippen LogP contribution < -0.4 is 10.6 Å². The molecule has 0 spiro atoms. The number of rotatable bonds is 0. The second-order valence-electron chi connectivity index (χ2n) is 8.10. The van der Waals surface area contributed by atoms with Gasteiger partial charge in [-0.15, -0.1) is 0 Å². The van der Waals surface area contributed by atoms with Gasteiger partial charge in [-0.1, -0.05) is 0 Å². The molecule has 110 valence electrons. The predicted octanol–water partition coefficient (Wildman–Crippen LogP) is 0.551. The van der Waals surface area contributed by atoms with Crippen molar-refractivity contribution >= 4 is 0 Å². The van der Waals surface area contributed by atoms with Crippen LogP contribution in [-0.2, 0) is 0 Å². The van der Waals surface area contributed by atoms with Gasteiger partial charge in [-0.3, -0.25) is 20.4 Å². The van der Waals surface area contributed by atoms with E-state index in [0.717, 1.165) is 36.0 Å². The second-order valence-corrected chi connectivity index (χ2v) is 8.10. The number of nitrogens with zero attached hydrogens (tertiary/aromatic N) is 2. The Morgan fingerprint density at radius 2 is 1.20 bits per heavy atom. The molecule has 20 heavy (non-hydrogen) atoms. The lowest BCUT2D eigenvalue weighted by Gasteiger charge is -2.44. The molecule has 4 heteroatoms. The zero-order valence-electron chi connectivity index (χ0n) is 12.2. The van der Waals surface area contributed by atoms with E-state index in [2.05, 4.69) is 20.4 Å². The summed E-state index contributed by atoms with van der Waals surface area (Å²) in [6.45, 7) is 2.70. The van der Waals surface area contributed by atoms with Gasteiger partial charge in [0, 0.05) is 37.3 Å². The van der Waals surface area contributed by atoms with Gasteiger partial charge in [0.05, 0.1) is 12.3 Å². The van der Waals surface area contributed by atoms with Crippen molar-refractivity contribution in [3.63, 3.8) is 0 Å². The van der Waals surface area contributed by atoms with Gasteiger partial charge in [-0.05, 0) is 50.4 Å². The van der Waals surface area contributed by atoms with Crippen molar-refractivity contribution in [3.8, 4) is 0 Å². The van der Waals surface area contributed by atoms with E-state index in [1.54, 1.807) is 0 Å². The highest BCUT2D eigenvalue weighted by molar-refractivity contribution is 5.19.